The fourth-order valence-corrected chi connectivity index (χ4v) is 4.25. The molecule has 0 aromatic heterocycles. The van der Waals surface area contributed by atoms with Gasteiger partial charge in [0.05, 0.1) is 13.2 Å². The van der Waals surface area contributed by atoms with Gasteiger partial charge in [0.25, 0.3) is 0 Å². The fourth-order valence-electron chi connectivity index (χ4n) is 4.25. The molecule has 1 aliphatic carbocycles. The highest BCUT2D eigenvalue weighted by molar-refractivity contribution is 6.33. The molecule has 158 valence electrons. The Morgan fingerprint density at radius 3 is 2.10 bits per heavy atom. The zero-order valence-corrected chi connectivity index (χ0v) is 17.4. The average Bonchev–Trinajstić information content (AvgIpc) is 3.00. The number of carbonyl (C=O) groups excluding carboxylic acids is 3. The summed E-state index contributed by atoms with van der Waals surface area (Å²) in [5.74, 6) is -0.567. The molecule has 0 saturated carbocycles. The molecule has 1 fully saturated rings. The van der Waals surface area contributed by atoms with Crippen LogP contribution in [0.3, 0.4) is 0 Å². The summed E-state index contributed by atoms with van der Waals surface area (Å²) in [5.41, 5.74) is 0.213. The minimum Gasteiger partial charge on any atom is -1.00 e. The van der Waals surface area contributed by atoms with Crippen LogP contribution in [0.2, 0.25) is 0 Å². The van der Waals surface area contributed by atoms with Crippen LogP contribution in [0.4, 0.5) is 0 Å². The van der Waals surface area contributed by atoms with Gasteiger partial charge >= 0.3 is 0 Å². The number of rotatable bonds is 6. The van der Waals surface area contributed by atoms with Crippen molar-refractivity contribution in [1.29, 1.82) is 0 Å². The Labute approximate surface area is 182 Å². The number of fused-ring (bicyclic) bond motifs is 1. The van der Waals surface area contributed by atoms with Crippen molar-refractivity contribution in [2.75, 3.05) is 33.0 Å². The maximum Gasteiger partial charge on any atom is 0.224 e. The van der Waals surface area contributed by atoms with E-state index in [1.807, 2.05) is 18.2 Å². The number of benzene rings is 2. The summed E-state index contributed by atoms with van der Waals surface area (Å²) in [6, 6.07) is 16.0. The maximum absolute atomic E-state index is 13.4. The second kappa shape index (κ2) is 9.51. The standard InChI is InChI=1S/C23H24N2O4.ClH/c26-20(24-16-25-12-14-29-15-13-25)10-11-23(17-6-2-1-3-7-17)21(27)18-8-4-5-9-19(18)22(23)28;/h1-9H,10-16H2,(H,24,26);1H. The molecule has 1 heterocycles. The molecule has 30 heavy (non-hydrogen) atoms. The number of quaternary nitrogens is 1. The molecule has 7 heteroatoms. The van der Waals surface area contributed by atoms with E-state index in [1.165, 1.54) is 4.90 Å². The van der Waals surface area contributed by atoms with Gasteiger partial charge in [-0.25, -0.2) is 0 Å². The number of hydrogen-bond donors (Lipinski definition) is 2. The van der Waals surface area contributed by atoms with Gasteiger partial charge in [0.15, 0.2) is 18.2 Å². The maximum atomic E-state index is 13.4. The van der Waals surface area contributed by atoms with Crippen LogP contribution in [0, 0.1) is 0 Å². The summed E-state index contributed by atoms with van der Waals surface area (Å²) in [4.78, 5) is 40.5. The van der Waals surface area contributed by atoms with Crippen LogP contribution < -0.4 is 22.6 Å². The monoisotopic (exact) mass is 428 g/mol. The van der Waals surface area contributed by atoms with Gasteiger partial charge < -0.3 is 27.4 Å². The van der Waals surface area contributed by atoms with Gasteiger partial charge in [0.2, 0.25) is 5.91 Å². The number of hydrogen-bond acceptors (Lipinski definition) is 4. The molecule has 2 N–H and O–H groups in total. The summed E-state index contributed by atoms with van der Waals surface area (Å²) in [7, 11) is 0. The Morgan fingerprint density at radius 2 is 1.50 bits per heavy atom. The fraction of sp³-hybridized carbons (Fsp3) is 0.348. The third kappa shape index (κ3) is 4.03. The van der Waals surface area contributed by atoms with E-state index in [-0.39, 0.29) is 42.7 Å². The molecular weight excluding hydrogens is 404 g/mol. The van der Waals surface area contributed by atoms with E-state index < -0.39 is 5.41 Å². The number of morpholine rings is 1. The lowest BCUT2D eigenvalue weighted by molar-refractivity contribution is -0.909. The zero-order valence-electron chi connectivity index (χ0n) is 16.7. The Balaban J connectivity index is 0.00000256. The Bertz CT molecular complexity index is 891. The predicted octanol–water partition coefficient (Wildman–Crippen LogP) is -2.22. The quantitative estimate of drug-likeness (QED) is 0.511. The molecule has 4 rings (SSSR count). The zero-order chi connectivity index (χ0) is 20.3. The Morgan fingerprint density at radius 1 is 0.933 bits per heavy atom. The van der Waals surface area contributed by atoms with Gasteiger partial charge in [-0.2, -0.15) is 0 Å². The van der Waals surface area contributed by atoms with E-state index >= 15 is 0 Å². The predicted molar refractivity (Wildman–Crippen MR) is 107 cm³/mol. The lowest BCUT2D eigenvalue weighted by Gasteiger charge is -2.27. The summed E-state index contributed by atoms with van der Waals surface area (Å²) in [6.45, 7) is 3.65. The van der Waals surface area contributed by atoms with Gasteiger partial charge in [-0.15, -0.1) is 0 Å². The van der Waals surface area contributed by atoms with Gasteiger partial charge in [-0.1, -0.05) is 54.6 Å². The first-order chi connectivity index (χ1) is 14.1. The van der Waals surface area contributed by atoms with E-state index in [1.54, 1.807) is 36.4 Å². The van der Waals surface area contributed by atoms with Crippen molar-refractivity contribution < 1.29 is 36.4 Å². The smallest absolute Gasteiger partial charge is 0.224 e. The van der Waals surface area contributed by atoms with Crippen LogP contribution in [0.5, 0.6) is 0 Å². The van der Waals surface area contributed by atoms with Crippen molar-refractivity contribution in [1.82, 2.24) is 5.32 Å². The first-order valence-electron chi connectivity index (χ1n) is 10.0. The first kappa shape index (κ1) is 22.2. The molecule has 1 saturated heterocycles. The van der Waals surface area contributed by atoms with E-state index in [2.05, 4.69) is 5.32 Å². The van der Waals surface area contributed by atoms with E-state index in [4.69, 9.17) is 4.74 Å². The third-order valence-corrected chi connectivity index (χ3v) is 5.92. The van der Waals surface area contributed by atoms with Crippen molar-refractivity contribution in [2.24, 2.45) is 0 Å². The highest BCUT2D eigenvalue weighted by atomic mass is 35.5. The number of amides is 1. The molecule has 2 aliphatic rings. The minimum absolute atomic E-state index is 0. The number of halogens is 1. The van der Waals surface area contributed by atoms with Crippen molar-refractivity contribution in [2.45, 2.75) is 18.3 Å². The van der Waals surface area contributed by atoms with E-state index in [9.17, 15) is 14.4 Å². The van der Waals surface area contributed by atoms with E-state index in [0.717, 1.165) is 13.1 Å². The highest BCUT2D eigenvalue weighted by Gasteiger charge is 2.53. The highest BCUT2D eigenvalue weighted by Crippen LogP contribution is 2.42. The second-order valence-corrected chi connectivity index (χ2v) is 7.61. The normalized spacial score (nSPS) is 17.9. The van der Waals surface area contributed by atoms with Crippen LogP contribution in [0.25, 0.3) is 0 Å². The summed E-state index contributed by atoms with van der Waals surface area (Å²) in [6.07, 6.45) is 0.276. The molecule has 1 aliphatic heterocycles. The minimum atomic E-state index is -1.33. The second-order valence-electron chi connectivity index (χ2n) is 7.61. The molecule has 0 bridgehead atoms. The summed E-state index contributed by atoms with van der Waals surface area (Å²) >= 11 is 0. The van der Waals surface area contributed by atoms with Crippen LogP contribution in [-0.4, -0.2) is 50.4 Å². The molecule has 0 unspecified atom stereocenters. The largest absolute Gasteiger partial charge is 1.00 e. The number of ketones is 2. The van der Waals surface area contributed by atoms with Crippen LogP contribution in [0.1, 0.15) is 39.1 Å². The number of nitrogens with one attached hydrogen (secondary N) is 2. The molecule has 0 spiro atoms. The molecule has 6 nitrogen and oxygen atoms in total. The molecule has 0 atom stereocenters. The SMILES string of the molecule is O=C(CCC1(c2ccccc2)C(=O)c2ccccc2C1=O)NC[NH+]1CCOCC1.[Cl-]. The van der Waals surface area contributed by atoms with Crippen molar-refractivity contribution in [3.63, 3.8) is 0 Å². The van der Waals surface area contributed by atoms with Crippen molar-refractivity contribution in [3.05, 3.63) is 71.3 Å². The number of carbonyl (C=O) groups is 3. The van der Waals surface area contributed by atoms with Gasteiger partial charge in [0, 0.05) is 17.5 Å². The number of Topliss-reactive ketones (excluding diaryl/α,β-unsaturated/α-hetero) is 2. The summed E-state index contributed by atoms with van der Waals surface area (Å²) in [5, 5.41) is 2.94. The Hall–Kier alpha value is -2.54. The van der Waals surface area contributed by atoms with Gasteiger partial charge in [-0.3, -0.25) is 14.4 Å². The van der Waals surface area contributed by atoms with Crippen LogP contribution in [-0.2, 0) is 14.9 Å². The molecule has 2 aromatic rings. The van der Waals surface area contributed by atoms with Crippen LogP contribution in [0.15, 0.2) is 54.6 Å². The number of ether oxygens (including phenoxy) is 1. The molecule has 2 aromatic carbocycles. The van der Waals surface area contributed by atoms with Crippen molar-refractivity contribution in [3.8, 4) is 0 Å². The first-order valence-corrected chi connectivity index (χ1v) is 10.0. The molecule has 1 amide bonds. The van der Waals surface area contributed by atoms with Crippen molar-refractivity contribution >= 4 is 17.5 Å². The van der Waals surface area contributed by atoms with Crippen LogP contribution >= 0.6 is 0 Å². The lowest BCUT2D eigenvalue weighted by atomic mass is 9.72. The molecule has 0 radical (unpaired) electrons. The topological polar surface area (TPSA) is 76.9 Å². The summed E-state index contributed by atoms with van der Waals surface area (Å²) < 4.78 is 5.33. The Kier molecular flexibility index (Phi) is 7.02. The average molecular weight is 429 g/mol. The van der Waals surface area contributed by atoms with Gasteiger partial charge in [0.1, 0.15) is 18.5 Å². The third-order valence-electron chi connectivity index (χ3n) is 5.92. The molecular formula is C23H25ClN2O4. The lowest BCUT2D eigenvalue weighted by Crippen LogP contribution is -3.15. The van der Waals surface area contributed by atoms with Gasteiger partial charge in [-0.05, 0) is 12.0 Å². The van der Waals surface area contributed by atoms with E-state index in [0.29, 0.717) is 36.6 Å².